The van der Waals surface area contributed by atoms with Crippen molar-refractivity contribution >= 4 is 0 Å². The Balaban J connectivity index is 1.65. The van der Waals surface area contributed by atoms with E-state index in [-0.39, 0.29) is 0 Å². The molecule has 0 atom stereocenters. The van der Waals surface area contributed by atoms with Crippen LogP contribution in [0.5, 0.6) is 0 Å². The number of unbranched alkanes of at least 4 members (excludes halogenated alkanes) is 5. The second kappa shape index (κ2) is 6.47. The molecule has 1 aliphatic carbocycles. The maximum Gasteiger partial charge on any atom is 0.0577 e. The number of hydrogen-bond acceptors (Lipinski definition) is 1. The van der Waals surface area contributed by atoms with Gasteiger partial charge in [-0.15, -0.1) is 0 Å². The maximum atomic E-state index is 5.56. The average Bonchev–Trinajstić information content (AvgIpc) is 2.87. The molecule has 12 heavy (non-hydrogen) atoms. The Bertz CT molecular complexity index is 97.2. The van der Waals surface area contributed by atoms with Crippen LogP contribution < -0.4 is 0 Å². The summed E-state index contributed by atoms with van der Waals surface area (Å²) in [7, 11) is 0. The van der Waals surface area contributed by atoms with Crippen LogP contribution in [0.25, 0.3) is 0 Å². The molecular formula is C11H22O. The number of ether oxygens (including phenoxy) is 1. The first-order chi connectivity index (χ1) is 5.93. The van der Waals surface area contributed by atoms with E-state index in [1.807, 2.05) is 0 Å². The predicted octanol–water partition coefficient (Wildman–Crippen LogP) is 3.53. The summed E-state index contributed by atoms with van der Waals surface area (Å²) < 4.78 is 5.56. The van der Waals surface area contributed by atoms with E-state index in [2.05, 4.69) is 6.92 Å². The molecule has 0 amide bonds. The largest absolute Gasteiger partial charge is 0.378 e. The molecule has 0 radical (unpaired) electrons. The highest BCUT2D eigenvalue weighted by Crippen LogP contribution is 2.23. The van der Waals surface area contributed by atoms with Gasteiger partial charge in [0.25, 0.3) is 0 Å². The van der Waals surface area contributed by atoms with Gasteiger partial charge in [-0.2, -0.15) is 0 Å². The van der Waals surface area contributed by atoms with Crippen LogP contribution in [0, 0.1) is 0 Å². The van der Waals surface area contributed by atoms with Gasteiger partial charge in [-0.05, 0) is 19.3 Å². The van der Waals surface area contributed by atoms with E-state index in [0.29, 0.717) is 6.10 Å². The van der Waals surface area contributed by atoms with Gasteiger partial charge in [0, 0.05) is 6.61 Å². The second-order valence-corrected chi connectivity index (χ2v) is 3.84. The third-order valence-corrected chi connectivity index (χ3v) is 2.38. The highest BCUT2D eigenvalue weighted by Gasteiger charge is 2.21. The van der Waals surface area contributed by atoms with Gasteiger partial charge >= 0.3 is 0 Å². The zero-order valence-corrected chi connectivity index (χ0v) is 8.35. The van der Waals surface area contributed by atoms with Gasteiger partial charge in [-0.1, -0.05) is 39.0 Å². The van der Waals surface area contributed by atoms with Crippen molar-refractivity contribution in [1.82, 2.24) is 0 Å². The second-order valence-electron chi connectivity index (χ2n) is 3.84. The maximum absolute atomic E-state index is 5.56. The quantitative estimate of drug-likeness (QED) is 0.506. The summed E-state index contributed by atoms with van der Waals surface area (Å²) in [6.07, 6.45) is 11.5. The zero-order chi connectivity index (χ0) is 8.65. The fourth-order valence-corrected chi connectivity index (χ4v) is 1.37. The van der Waals surface area contributed by atoms with Crippen LogP contribution in [-0.2, 0) is 4.74 Å². The Kier molecular flexibility index (Phi) is 5.42. The molecule has 0 aliphatic heterocycles. The van der Waals surface area contributed by atoms with Gasteiger partial charge in [0.2, 0.25) is 0 Å². The van der Waals surface area contributed by atoms with Gasteiger partial charge in [-0.3, -0.25) is 0 Å². The minimum Gasteiger partial charge on any atom is -0.378 e. The summed E-state index contributed by atoms with van der Waals surface area (Å²) in [5.74, 6) is 0. The Labute approximate surface area is 76.5 Å². The topological polar surface area (TPSA) is 9.23 Å². The van der Waals surface area contributed by atoms with Crippen LogP contribution in [0.1, 0.15) is 58.3 Å². The Hall–Kier alpha value is -0.0400. The molecular weight excluding hydrogens is 148 g/mol. The molecule has 0 aromatic rings. The number of hydrogen-bond donors (Lipinski definition) is 0. The van der Waals surface area contributed by atoms with Crippen molar-refractivity contribution in [3.63, 3.8) is 0 Å². The summed E-state index contributed by atoms with van der Waals surface area (Å²) in [6.45, 7) is 3.27. The van der Waals surface area contributed by atoms with Crippen LogP contribution in [0.15, 0.2) is 0 Å². The van der Waals surface area contributed by atoms with Gasteiger partial charge < -0.3 is 4.74 Å². The molecule has 0 N–H and O–H groups in total. The van der Waals surface area contributed by atoms with Crippen LogP contribution in [0.3, 0.4) is 0 Å². The monoisotopic (exact) mass is 170 g/mol. The molecule has 1 nitrogen and oxygen atoms in total. The first-order valence-corrected chi connectivity index (χ1v) is 5.55. The molecule has 0 unspecified atom stereocenters. The minimum absolute atomic E-state index is 0.653. The fraction of sp³-hybridized carbons (Fsp3) is 1.00. The lowest BCUT2D eigenvalue weighted by Crippen LogP contribution is -1.95. The van der Waals surface area contributed by atoms with E-state index < -0.39 is 0 Å². The van der Waals surface area contributed by atoms with Crippen molar-refractivity contribution in [2.75, 3.05) is 6.61 Å². The number of rotatable bonds is 8. The van der Waals surface area contributed by atoms with E-state index in [0.717, 1.165) is 6.61 Å². The van der Waals surface area contributed by atoms with Crippen LogP contribution in [-0.4, -0.2) is 12.7 Å². The van der Waals surface area contributed by atoms with Crippen molar-refractivity contribution in [1.29, 1.82) is 0 Å². The smallest absolute Gasteiger partial charge is 0.0577 e. The lowest BCUT2D eigenvalue weighted by Gasteiger charge is -2.01. The molecule has 72 valence electrons. The fourth-order valence-electron chi connectivity index (χ4n) is 1.37. The Morgan fingerprint density at radius 2 is 1.67 bits per heavy atom. The summed E-state index contributed by atoms with van der Waals surface area (Å²) in [4.78, 5) is 0. The predicted molar refractivity (Wildman–Crippen MR) is 52.4 cm³/mol. The first kappa shape index (κ1) is 10.0. The molecule has 0 aromatic carbocycles. The van der Waals surface area contributed by atoms with Gasteiger partial charge in [0.05, 0.1) is 6.10 Å². The normalized spacial score (nSPS) is 16.8. The van der Waals surface area contributed by atoms with Gasteiger partial charge in [-0.25, -0.2) is 0 Å². The highest BCUT2D eigenvalue weighted by atomic mass is 16.5. The standard InChI is InChI=1S/C11H22O/c1-2-3-4-5-6-7-10-12-11-8-9-11/h11H,2-10H2,1H3. The van der Waals surface area contributed by atoms with Crippen LogP contribution >= 0.6 is 0 Å². The molecule has 1 aliphatic rings. The summed E-state index contributed by atoms with van der Waals surface area (Å²) in [6, 6.07) is 0. The summed E-state index contributed by atoms with van der Waals surface area (Å²) in [5, 5.41) is 0. The van der Waals surface area contributed by atoms with Crippen molar-refractivity contribution in [3.8, 4) is 0 Å². The van der Waals surface area contributed by atoms with Gasteiger partial charge in [0.15, 0.2) is 0 Å². The minimum atomic E-state index is 0.653. The van der Waals surface area contributed by atoms with Crippen molar-refractivity contribution < 1.29 is 4.74 Å². The van der Waals surface area contributed by atoms with Gasteiger partial charge in [0.1, 0.15) is 0 Å². The molecule has 0 aromatic heterocycles. The lowest BCUT2D eigenvalue weighted by molar-refractivity contribution is 0.115. The Morgan fingerprint density at radius 3 is 2.33 bits per heavy atom. The molecule has 0 saturated heterocycles. The van der Waals surface area contributed by atoms with E-state index in [1.165, 1.54) is 51.4 Å². The SMILES string of the molecule is CCCCCCCCOC1CC1. The molecule has 1 saturated carbocycles. The lowest BCUT2D eigenvalue weighted by atomic mass is 10.1. The zero-order valence-electron chi connectivity index (χ0n) is 8.35. The van der Waals surface area contributed by atoms with Crippen molar-refractivity contribution in [2.45, 2.75) is 64.4 Å². The average molecular weight is 170 g/mol. The third-order valence-electron chi connectivity index (χ3n) is 2.38. The van der Waals surface area contributed by atoms with Crippen LogP contribution in [0.4, 0.5) is 0 Å². The molecule has 0 heterocycles. The summed E-state index contributed by atoms with van der Waals surface area (Å²) in [5.41, 5.74) is 0. The molecule has 1 fully saturated rings. The molecule has 0 spiro atoms. The molecule has 1 rings (SSSR count). The molecule has 0 bridgehead atoms. The van der Waals surface area contributed by atoms with Crippen LogP contribution in [0.2, 0.25) is 0 Å². The van der Waals surface area contributed by atoms with Crippen molar-refractivity contribution in [3.05, 3.63) is 0 Å². The third kappa shape index (κ3) is 5.59. The van der Waals surface area contributed by atoms with E-state index in [1.54, 1.807) is 0 Å². The first-order valence-electron chi connectivity index (χ1n) is 5.55. The highest BCUT2D eigenvalue weighted by molar-refractivity contribution is 4.72. The van der Waals surface area contributed by atoms with Crippen molar-refractivity contribution in [2.24, 2.45) is 0 Å². The molecule has 1 heteroatoms. The summed E-state index contributed by atoms with van der Waals surface area (Å²) >= 11 is 0. The Morgan fingerprint density at radius 1 is 1.00 bits per heavy atom. The van der Waals surface area contributed by atoms with E-state index in [4.69, 9.17) is 4.74 Å². The van der Waals surface area contributed by atoms with E-state index >= 15 is 0 Å². The van der Waals surface area contributed by atoms with E-state index in [9.17, 15) is 0 Å².